The Morgan fingerprint density at radius 2 is 1.96 bits per heavy atom. The Kier molecular flexibility index (Phi) is 7.41. The van der Waals surface area contributed by atoms with E-state index in [1.54, 1.807) is 12.1 Å². The second-order valence-corrected chi connectivity index (χ2v) is 7.80. The van der Waals surface area contributed by atoms with Crippen molar-refractivity contribution in [2.75, 3.05) is 32.7 Å². The maximum absolute atomic E-state index is 13.2. The largest absolute Gasteiger partial charge is 0.367 e. The summed E-state index contributed by atoms with van der Waals surface area (Å²) in [7, 11) is 0. The van der Waals surface area contributed by atoms with Crippen molar-refractivity contribution in [1.82, 2.24) is 15.5 Å². The van der Waals surface area contributed by atoms with E-state index < -0.39 is 0 Å². The molecule has 0 radical (unpaired) electrons. The Morgan fingerprint density at radius 3 is 2.58 bits per heavy atom. The molecule has 2 rings (SSSR count). The molecule has 0 saturated carbocycles. The third-order valence-corrected chi connectivity index (χ3v) is 4.17. The summed E-state index contributed by atoms with van der Waals surface area (Å²) in [4.78, 5) is 7.01. The van der Waals surface area contributed by atoms with Crippen LogP contribution in [-0.4, -0.2) is 55.2 Å². The minimum Gasteiger partial charge on any atom is -0.367 e. The van der Waals surface area contributed by atoms with Crippen LogP contribution < -0.4 is 10.6 Å². The Balaban J connectivity index is 2.05. The van der Waals surface area contributed by atoms with Gasteiger partial charge in [-0.1, -0.05) is 12.1 Å². The van der Waals surface area contributed by atoms with Gasteiger partial charge in [0.25, 0.3) is 0 Å². The van der Waals surface area contributed by atoms with Gasteiger partial charge in [-0.25, -0.2) is 4.39 Å². The number of ether oxygens (including phenoxy) is 1. The molecule has 0 bridgehead atoms. The number of nitrogens with zero attached hydrogens (tertiary/aromatic N) is 2. The van der Waals surface area contributed by atoms with Gasteiger partial charge in [-0.2, -0.15) is 0 Å². The van der Waals surface area contributed by atoms with E-state index in [9.17, 15) is 4.39 Å². The van der Waals surface area contributed by atoms with E-state index >= 15 is 0 Å². The number of morpholine rings is 1. The molecule has 1 aromatic rings. The predicted octanol–water partition coefficient (Wildman–Crippen LogP) is 2.94. The molecule has 1 aliphatic heterocycles. The monoisotopic (exact) mass is 364 g/mol. The van der Waals surface area contributed by atoms with Crippen molar-refractivity contribution in [3.8, 4) is 0 Å². The zero-order chi connectivity index (χ0) is 19.2. The lowest BCUT2D eigenvalue weighted by Gasteiger charge is -2.38. The topological polar surface area (TPSA) is 48.9 Å². The fourth-order valence-corrected chi connectivity index (χ4v) is 3.00. The zero-order valence-electron chi connectivity index (χ0n) is 16.7. The first kappa shape index (κ1) is 20.6. The smallest absolute Gasteiger partial charge is 0.194 e. The molecule has 0 amide bonds. The fraction of sp³-hybridized carbons (Fsp3) is 0.650. The summed E-state index contributed by atoms with van der Waals surface area (Å²) in [6.45, 7) is 14.4. The molecule has 26 heavy (non-hydrogen) atoms. The van der Waals surface area contributed by atoms with Crippen molar-refractivity contribution in [3.05, 3.63) is 35.6 Å². The molecule has 1 aromatic carbocycles. The molecular weight excluding hydrogens is 331 g/mol. The fourth-order valence-electron chi connectivity index (χ4n) is 3.00. The average molecular weight is 365 g/mol. The summed E-state index contributed by atoms with van der Waals surface area (Å²) in [6, 6.07) is 6.57. The lowest BCUT2D eigenvalue weighted by atomic mass is 10.1. The first-order valence-electron chi connectivity index (χ1n) is 9.47. The third-order valence-electron chi connectivity index (χ3n) is 4.17. The molecule has 2 unspecified atom stereocenters. The highest BCUT2D eigenvalue weighted by molar-refractivity contribution is 5.80. The van der Waals surface area contributed by atoms with Gasteiger partial charge in [0.05, 0.1) is 19.2 Å². The van der Waals surface area contributed by atoms with E-state index in [-0.39, 0.29) is 23.6 Å². The highest BCUT2D eigenvalue weighted by atomic mass is 19.1. The Hall–Kier alpha value is -1.66. The molecule has 0 aromatic heterocycles. The van der Waals surface area contributed by atoms with Gasteiger partial charge in [0, 0.05) is 25.2 Å². The SMILES string of the molecule is CCNC(=NCCNC(C)(C)C)N1CC(C)OC(c2ccc(F)cc2)C1. The number of hydrogen-bond donors (Lipinski definition) is 2. The molecule has 2 atom stereocenters. The van der Waals surface area contributed by atoms with Gasteiger partial charge in [-0.15, -0.1) is 0 Å². The molecule has 0 spiro atoms. The van der Waals surface area contributed by atoms with Crippen LogP contribution in [0.2, 0.25) is 0 Å². The Labute approximate surface area is 157 Å². The quantitative estimate of drug-likeness (QED) is 0.479. The first-order chi connectivity index (χ1) is 12.3. The van der Waals surface area contributed by atoms with E-state index in [0.717, 1.165) is 31.2 Å². The molecule has 1 heterocycles. The van der Waals surface area contributed by atoms with E-state index in [0.29, 0.717) is 13.1 Å². The molecule has 6 heteroatoms. The Morgan fingerprint density at radius 1 is 1.27 bits per heavy atom. The van der Waals surface area contributed by atoms with Gasteiger partial charge in [-0.05, 0) is 52.3 Å². The van der Waals surface area contributed by atoms with Gasteiger partial charge in [-0.3, -0.25) is 4.99 Å². The van der Waals surface area contributed by atoms with Crippen LogP contribution in [0.3, 0.4) is 0 Å². The zero-order valence-corrected chi connectivity index (χ0v) is 16.7. The van der Waals surface area contributed by atoms with Crippen molar-refractivity contribution < 1.29 is 9.13 Å². The summed E-state index contributed by atoms with van der Waals surface area (Å²) in [5.41, 5.74) is 1.09. The molecule has 1 saturated heterocycles. The van der Waals surface area contributed by atoms with Crippen LogP contribution in [0, 0.1) is 5.82 Å². The van der Waals surface area contributed by atoms with Crippen LogP contribution in [0.1, 0.15) is 46.3 Å². The van der Waals surface area contributed by atoms with Crippen LogP contribution in [0.15, 0.2) is 29.3 Å². The van der Waals surface area contributed by atoms with Gasteiger partial charge < -0.3 is 20.3 Å². The normalized spacial score (nSPS) is 21.8. The molecular formula is C20H33FN4O. The van der Waals surface area contributed by atoms with E-state index in [2.05, 4.69) is 50.2 Å². The van der Waals surface area contributed by atoms with Crippen molar-refractivity contribution in [2.24, 2.45) is 4.99 Å². The first-order valence-corrected chi connectivity index (χ1v) is 9.47. The van der Waals surface area contributed by atoms with Crippen LogP contribution in [-0.2, 0) is 4.74 Å². The van der Waals surface area contributed by atoms with Crippen molar-refractivity contribution in [2.45, 2.75) is 52.4 Å². The molecule has 1 fully saturated rings. The van der Waals surface area contributed by atoms with Gasteiger partial charge in [0.1, 0.15) is 11.9 Å². The number of hydrogen-bond acceptors (Lipinski definition) is 3. The number of guanidine groups is 1. The van der Waals surface area contributed by atoms with E-state index in [1.165, 1.54) is 12.1 Å². The summed E-state index contributed by atoms with van der Waals surface area (Å²) < 4.78 is 19.3. The van der Waals surface area contributed by atoms with E-state index in [1.807, 2.05) is 0 Å². The van der Waals surface area contributed by atoms with E-state index in [4.69, 9.17) is 9.73 Å². The summed E-state index contributed by atoms with van der Waals surface area (Å²) in [5.74, 6) is 0.682. The van der Waals surface area contributed by atoms with Crippen molar-refractivity contribution >= 4 is 5.96 Å². The Bertz CT molecular complexity index is 582. The van der Waals surface area contributed by atoms with Crippen LogP contribution in [0.25, 0.3) is 0 Å². The van der Waals surface area contributed by atoms with Crippen LogP contribution in [0.5, 0.6) is 0 Å². The summed E-state index contributed by atoms with van der Waals surface area (Å²) in [6.07, 6.45) is -0.00809. The second-order valence-electron chi connectivity index (χ2n) is 7.80. The minimum atomic E-state index is -0.226. The third kappa shape index (κ3) is 6.57. The maximum Gasteiger partial charge on any atom is 0.194 e. The standard InChI is InChI=1S/C20H33FN4O/c1-6-22-19(23-11-12-24-20(3,4)5)25-13-15(2)26-18(14-25)16-7-9-17(21)10-8-16/h7-10,15,18,24H,6,11-14H2,1-5H3,(H,22,23). The number of rotatable bonds is 5. The molecule has 146 valence electrons. The number of halogens is 1. The maximum atomic E-state index is 13.2. The van der Waals surface area contributed by atoms with Crippen molar-refractivity contribution in [3.63, 3.8) is 0 Å². The average Bonchev–Trinajstić information content (AvgIpc) is 2.57. The lowest BCUT2D eigenvalue weighted by molar-refractivity contribution is -0.0605. The summed E-state index contributed by atoms with van der Waals surface area (Å²) in [5, 5.41) is 6.84. The molecule has 1 aliphatic rings. The predicted molar refractivity (Wildman–Crippen MR) is 105 cm³/mol. The minimum absolute atomic E-state index is 0.0790. The van der Waals surface area contributed by atoms with Crippen molar-refractivity contribution in [1.29, 1.82) is 0 Å². The summed E-state index contributed by atoms with van der Waals surface area (Å²) >= 11 is 0. The van der Waals surface area contributed by atoms with Gasteiger partial charge in [0.15, 0.2) is 5.96 Å². The molecule has 5 nitrogen and oxygen atoms in total. The number of nitrogens with one attached hydrogen (secondary N) is 2. The van der Waals surface area contributed by atoms with Gasteiger partial charge in [0.2, 0.25) is 0 Å². The molecule has 0 aliphatic carbocycles. The highest BCUT2D eigenvalue weighted by Gasteiger charge is 2.28. The second kappa shape index (κ2) is 9.33. The number of benzene rings is 1. The van der Waals surface area contributed by atoms with Crippen LogP contribution in [0.4, 0.5) is 4.39 Å². The van der Waals surface area contributed by atoms with Crippen LogP contribution >= 0.6 is 0 Å². The van der Waals surface area contributed by atoms with Gasteiger partial charge >= 0.3 is 0 Å². The molecule has 2 N–H and O–H groups in total. The number of aliphatic imine (C=N–C) groups is 1. The highest BCUT2D eigenvalue weighted by Crippen LogP contribution is 2.25. The lowest BCUT2D eigenvalue weighted by Crippen LogP contribution is -2.51.